The van der Waals surface area contributed by atoms with Crippen LogP contribution in [0.1, 0.15) is 23.6 Å². The minimum Gasteiger partial charge on any atom is -0.356 e. The van der Waals surface area contributed by atoms with Crippen molar-refractivity contribution in [1.82, 2.24) is 25.3 Å². The molecule has 6 nitrogen and oxygen atoms in total. The zero-order chi connectivity index (χ0) is 21.2. The molecule has 3 rings (SSSR count). The fourth-order valence-electron chi connectivity index (χ4n) is 3.23. The SMILES string of the molecule is CCN(C)Cc1cccc(CNC(=NC)NCCc2ccc(-n3cccn3)cc2)c1.I. The van der Waals surface area contributed by atoms with Gasteiger partial charge in [0.15, 0.2) is 5.96 Å². The Hall–Kier alpha value is -2.39. The third-order valence-electron chi connectivity index (χ3n) is 5.08. The van der Waals surface area contributed by atoms with Crippen molar-refractivity contribution in [3.05, 3.63) is 83.7 Å². The predicted octanol–water partition coefficient (Wildman–Crippen LogP) is 3.85. The number of hydrogen-bond acceptors (Lipinski definition) is 3. The van der Waals surface area contributed by atoms with Crippen molar-refractivity contribution < 1.29 is 0 Å². The molecule has 0 fully saturated rings. The summed E-state index contributed by atoms with van der Waals surface area (Å²) in [6, 6.07) is 19.1. The van der Waals surface area contributed by atoms with Crippen LogP contribution in [0.4, 0.5) is 0 Å². The summed E-state index contributed by atoms with van der Waals surface area (Å²) >= 11 is 0. The number of halogens is 1. The van der Waals surface area contributed by atoms with Crippen molar-refractivity contribution in [2.45, 2.75) is 26.4 Å². The van der Waals surface area contributed by atoms with Gasteiger partial charge < -0.3 is 15.5 Å². The molecule has 0 unspecified atom stereocenters. The number of nitrogens with zero attached hydrogens (tertiary/aromatic N) is 4. The van der Waals surface area contributed by atoms with Crippen LogP contribution in [0, 0.1) is 0 Å². The molecule has 0 atom stereocenters. The van der Waals surface area contributed by atoms with Crippen molar-refractivity contribution in [1.29, 1.82) is 0 Å². The van der Waals surface area contributed by atoms with Gasteiger partial charge in [-0.05, 0) is 54.9 Å². The second kappa shape index (κ2) is 13.1. The lowest BCUT2D eigenvalue weighted by Gasteiger charge is -2.15. The maximum Gasteiger partial charge on any atom is 0.191 e. The van der Waals surface area contributed by atoms with E-state index in [1.807, 2.05) is 16.9 Å². The van der Waals surface area contributed by atoms with Crippen molar-refractivity contribution >= 4 is 29.9 Å². The van der Waals surface area contributed by atoms with Gasteiger partial charge in [0, 0.05) is 39.1 Å². The van der Waals surface area contributed by atoms with Crippen molar-refractivity contribution in [2.24, 2.45) is 4.99 Å². The van der Waals surface area contributed by atoms with Crippen LogP contribution in [-0.2, 0) is 19.5 Å². The number of nitrogens with one attached hydrogen (secondary N) is 2. The lowest BCUT2D eigenvalue weighted by molar-refractivity contribution is 0.345. The highest BCUT2D eigenvalue weighted by molar-refractivity contribution is 14.0. The quantitative estimate of drug-likeness (QED) is 0.250. The monoisotopic (exact) mass is 532 g/mol. The van der Waals surface area contributed by atoms with Crippen LogP contribution in [0.15, 0.2) is 72.0 Å². The van der Waals surface area contributed by atoms with Crippen LogP contribution in [0.3, 0.4) is 0 Å². The van der Waals surface area contributed by atoms with E-state index in [0.717, 1.165) is 44.2 Å². The van der Waals surface area contributed by atoms with E-state index in [-0.39, 0.29) is 24.0 Å². The first-order chi connectivity index (χ1) is 14.7. The molecule has 2 N–H and O–H groups in total. The summed E-state index contributed by atoms with van der Waals surface area (Å²) in [6.07, 6.45) is 4.67. The molecule has 0 saturated heterocycles. The molecule has 1 heterocycles. The Morgan fingerprint density at radius 2 is 1.81 bits per heavy atom. The maximum absolute atomic E-state index is 4.34. The molecule has 0 aliphatic heterocycles. The second-order valence-corrected chi connectivity index (χ2v) is 7.37. The third-order valence-corrected chi connectivity index (χ3v) is 5.08. The van der Waals surface area contributed by atoms with Gasteiger partial charge in [0.1, 0.15) is 0 Å². The molecule has 1 aromatic heterocycles. The van der Waals surface area contributed by atoms with Crippen molar-refractivity contribution in [3.63, 3.8) is 0 Å². The van der Waals surface area contributed by atoms with Gasteiger partial charge in [0.2, 0.25) is 0 Å². The highest BCUT2D eigenvalue weighted by atomic mass is 127. The average Bonchev–Trinajstić information content (AvgIpc) is 3.31. The molecule has 3 aromatic rings. The lowest BCUT2D eigenvalue weighted by Crippen LogP contribution is -2.37. The fourth-order valence-corrected chi connectivity index (χ4v) is 3.23. The number of aromatic nitrogens is 2. The zero-order valence-corrected chi connectivity index (χ0v) is 20.9. The topological polar surface area (TPSA) is 57.5 Å². The zero-order valence-electron chi connectivity index (χ0n) is 18.6. The largest absolute Gasteiger partial charge is 0.356 e. The average molecular weight is 532 g/mol. The Kier molecular flexibility index (Phi) is 10.5. The van der Waals surface area contributed by atoms with E-state index in [1.54, 1.807) is 13.2 Å². The Morgan fingerprint density at radius 3 is 2.48 bits per heavy atom. The number of hydrogen-bond donors (Lipinski definition) is 2. The van der Waals surface area contributed by atoms with E-state index >= 15 is 0 Å². The maximum atomic E-state index is 4.34. The van der Waals surface area contributed by atoms with Gasteiger partial charge in [-0.15, -0.1) is 24.0 Å². The Labute approximate surface area is 202 Å². The number of guanidine groups is 1. The number of rotatable bonds is 9. The Balaban J connectivity index is 0.00000341. The van der Waals surface area contributed by atoms with Crippen LogP contribution in [0.2, 0.25) is 0 Å². The summed E-state index contributed by atoms with van der Waals surface area (Å²) in [4.78, 5) is 6.64. The molecule has 0 amide bonds. The summed E-state index contributed by atoms with van der Waals surface area (Å²) in [6.45, 7) is 5.76. The first-order valence-corrected chi connectivity index (χ1v) is 10.5. The smallest absolute Gasteiger partial charge is 0.191 e. The first kappa shape index (κ1) is 24.9. The van der Waals surface area contributed by atoms with Crippen LogP contribution >= 0.6 is 24.0 Å². The van der Waals surface area contributed by atoms with E-state index in [1.165, 1.54) is 16.7 Å². The summed E-state index contributed by atoms with van der Waals surface area (Å²) in [7, 11) is 3.95. The van der Waals surface area contributed by atoms with Crippen LogP contribution < -0.4 is 10.6 Å². The molecule has 7 heteroatoms. The van der Waals surface area contributed by atoms with Gasteiger partial charge in [-0.2, -0.15) is 5.10 Å². The van der Waals surface area contributed by atoms with E-state index in [9.17, 15) is 0 Å². The molecule has 0 aliphatic rings. The highest BCUT2D eigenvalue weighted by Gasteiger charge is 2.02. The van der Waals surface area contributed by atoms with Crippen molar-refractivity contribution in [2.75, 3.05) is 27.2 Å². The second-order valence-electron chi connectivity index (χ2n) is 7.37. The van der Waals surface area contributed by atoms with Gasteiger partial charge in [-0.3, -0.25) is 4.99 Å². The molecule has 0 bridgehead atoms. The predicted molar refractivity (Wildman–Crippen MR) is 139 cm³/mol. The molecule has 0 radical (unpaired) electrons. The van der Waals surface area contributed by atoms with Crippen LogP contribution in [-0.4, -0.2) is 47.8 Å². The molecule has 166 valence electrons. The number of benzene rings is 2. The van der Waals surface area contributed by atoms with Gasteiger partial charge in [-0.1, -0.05) is 43.3 Å². The fraction of sp³-hybridized carbons (Fsp3) is 0.333. The van der Waals surface area contributed by atoms with Gasteiger partial charge in [0.25, 0.3) is 0 Å². The summed E-state index contributed by atoms with van der Waals surface area (Å²) < 4.78 is 1.86. The molecule has 2 aromatic carbocycles. The highest BCUT2D eigenvalue weighted by Crippen LogP contribution is 2.09. The molecule has 0 spiro atoms. The van der Waals surface area contributed by atoms with Gasteiger partial charge >= 0.3 is 0 Å². The Bertz CT molecular complexity index is 922. The molecular formula is C24H33IN6. The van der Waals surface area contributed by atoms with Crippen molar-refractivity contribution in [3.8, 4) is 5.69 Å². The number of aliphatic imine (C=N–C) groups is 1. The Morgan fingerprint density at radius 1 is 1.03 bits per heavy atom. The van der Waals surface area contributed by atoms with Gasteiger partial charge in [0.05, 0.1) is 5.69 Å². The minimum atomic E-state index is 0. The van der Waals surface area contributed by atoms with E-state index < -0.39 is 0 Å². The minimum absolute atomic E-state index is 0. The standard InChI is InChI=1S/C24H32N6.HI/c1-4-29(3)19-22-8-5-7-21(17-22)18-27-24(25-2)26-15-13-20-9-11-23(12-10-20)30-16-6-14-28-30;/h5-12,14,16-17H,4,13,15,18-19H2,1-3H3,(H2,25,26,27);1H. The summed E-state index contributed by atoms with van der Waals surface area (Å²) in [5.74, 6) is 0.819. The summed E-state index contributed by atoms with van der Waals surface area (Å²) in [5, 5.41) is 11.1. The summed E-state index contributed by atoms with van der Waals surface area (Å²) in [5.41, 5.74) is 4.94. The third kappa shape index (κ3) is 7.99. The molecule has 0 aliphatic carbocycles. The van der Waals surface area contributed by atoms with E-state index in [4.69, 9.17) is 0 Å². The van der Waals surface area contributed by atoms with Crippen LogP contribution in [0.25, 0.3) is 5.69 Å². The van der Waals surface area contributed by atoms with E-state index in [2.05, 4.69) is 88.1 Å². The van der Waals surface area contributed by atoms with Gasteiger partial charge in [-0.25, -0.2) is 4.68 Å². The lowest BCUT2D eigenvalue weighted by atomic mass is 10.1. The van der Waals surface area contributed by atoms with Crippen LogP contribution in [0.5, 0.6) is 0 Å². The molecule has 0 saturated carbocycles. The normalized spacial score (nSPS) is 11.3. The molecule has 31 heavy (non-hydrogen) atoms. The molecular weight excluding hydrogens is 499 g/mol. The first-order valence-electron chi connectivity index (χ1n) is 10.5. The van der Waals surface area contributed by atoms with E-state index in [0.29, 0.717) is 0 Å².